The second kappa shape index (κ2) is 10.6. The van der Waals surface area contributed by atoms with Gasteiger partial charge in [-0.05, 0) is 36.2 Å². The standard InChI is InChI=1S/C19H22ClNO3S2/c20-17-7-9-18(10-8-17)25-13-11-19(22)21-12-4-14-26(23,24)15-16-5-2-1-3-6-16/h1-3,5-10H,4,11-15H2,(H,21,22). The van der Waals surface area contributed by atoms with Crippen LogP contribution in [0.25, 0.3) is 0 Å². The number of hydrogen-bond donors (Lipinski definition) is 1. The average Bonchev–Trinajstić information content (AvgIpc) is 2.61. The molecule has 1 amide bonds. The van der Waals surface area contributed by atoms with E-state index in [0.29, 0.717) is 30.2 Å². The van der Waals surface area contributed by atoms with Crippen LogP contribution in [0.1, 0.15) is 18.4 Å². The quantitative estimate of drug-likeness (QED) is 0.475. The molecular weight excluding hydrogens is 390 g/mol. The van der Waals surface area contributed by atoms with E-state index in [-0.39, 0.29) is 17.4 Å². The molecule has 0 radical (unpaired) electrons. The van der Waals surface area contributed by atoms with Crippen molar-refractivity contribution in [3.05, 3.63) is 65.2 Å². The summed E-state index contributed by atoms with van der Waals surface area (Å²) in [5.41, 5.74) is 0.788. The Morgan fingerprint density at radius 1 is 1.04 bits per heavy atom. The second-order valence-electron chi connectivity index (χ2n) is 5.83. The van der Waals surface area contributed by atoms with Gasteiger partial charge in [0.2, 0.25) is 5.91 Å². The molecule has 2 aromatic carbocycles. The molecule has 0 aliphatic rings. The summed E-state index contributed by atoms with van der Waals surface area (Å²) in [5, 5.41) is 3.47. The number of thioether (sulfide) groups is 1. The maximum Gasteiger partial charge on any atom is 0.220 e. The van der Waals surface area contributed by atoms with Gasteiger partial charge in [-0.1, -0.05) is 41.9 Å². The molecule has 2 rings (SSSR count). The third kappa shape index (κ3) is 8.25. The van der Waals surface area contributed by atoms with E-state index in [4.69, 9.17) is 11.6 Å². The first-order valence-electron chi connectivity index (χ1n) is 8.34. The van der Waals surface area contributed by atoms with Crippen LogP contribution in [0.4, 0.5) is 0 Å². The first kappa shape index (κ1) is 20.8. The Morgan fingerprint density at radius 2 is 1.73 bits per heavy atom. The van der Waals surface area contributed by atoms with Gasteiger partial charge < -0.3 is 5.32 Å². The highest BCUT2D eigenvalue weighted by Crippen LogP contribution is 2.20. The molecule has 2 aromatic rings. The van der Waals surface area contributed by atoms with Crippen LogP contribution >= 0.6 is 23.4 Å². The fourth-order valence-electron chi connectivity index (χ4n) is 2.30. The van der Waals surface area contributed by atoms with E-state index in [1.165, 1.54) is 0 Å². The van der Waals surface area contributed by atoms with Crippen LogP contribution in [0.5, 0.6) is 0 Å². The van der Waals surface area contributed by atoms with Gasteiger partial charge in [0.15, 0.2) is 9.84 Å². The molecule has 0 saturated heterocycles. The Bertz CT molecular complexity index is 793. The molecule has 0 unspecified atom stereocenters. The van der Waals surface area contributed by atoms with Crippen molar-refractivity contribution in [3.8, 4) is 0 Å². The lowest BCUT2D eigenvalue weighted by molar-refractivity contribution is -0.120. The zero-order valence-corrected chi connectivity index (χ0v) is 16.7. The maximum absolute atomic E-state index is 12.1. The van der Waals surface area contributed by atoms with E-state index in [9.17, 15) is 13.2 Å². The Kier molecular flexibility index (Phi) is 8.48. The highest BCUT2D eigenvalue weighted by molar-refractivity contribution is 7.99. The predicted molar refractivity (Wildman–Crippen MR) is 108 cm³/mol. The van der Waals surface area contributed by atoms with Gasteiger partial charge in [0.25, 0.3) is 0 Å². The number of sulfone groups is 1. The minimum atomic E-state index is -3.16. The number of rotatable bonds is 10. The SMILES string of the molecule is O=C(CCSc1ccc(Cl)cc1)NCCCS(=O)(=O)Cc1ccccc1. The molecule has 0 atom stereocenters. The minimum absolute atomic E-state index is 0.0412. The van der Waals surface area contributed by atoms with Crippen molar-refractivity contribution in [2.45, 2.75) is 23.5 Å². The molecule has 0 spiro atoms. The molecule has 0 saturated carbocycles. The average molecular weight is 412 g/mol. The first-order chi connectivity index (χ1) is 12.4. The molecular formula is C19H22ClNO3S2. The highest BCUT2D eigenvalue weighted by Gasteiger charge is 2.11. The fraction of sp³-hybridized carbons (Fsp3) is 0.316. The van der Waals surface area contributed by atoms with Gasteiger partial charge >= 0.3 is 0 Å². The van der Waals surface area contributed by atoms with Crippen molar-refractivity contribution in [2.75, 3.05) is 18.1 Å². The van der Waals surface area contributed by atoms with E-state index in [0.717, 1.165) is 10.5 Å². The molecule has 140 valence electrons. The summed E-state index contributed by atoms with van der Waals surface area (Å²) in [6, 6.07) is 16.6. The number of benzene rings is 2. The van der Waals surface area contributed by atoms with Crippen LogP contribution in [0.3, 0.4) is 0 Å². The van der Waals surface area contributed by atoms with Crippen molar-refractivity contribution in [2.24, 2.45) is 0 Å². The van der Waals surface area contributed by atoms with E-state index < -0.39 is 9.84 Å². The number of carbonyl (C=O) groups is 1. The summed E-state index contributed by atoms with van der Waals surface area (Å²) in [6.45, 7) is 0.373. The van der Waals surface area contributed by atoms with Gasteiger partial charge in [-0.3, -0.25) is 4.79 Å². The van der Waals surface area contributed by atoms with E-state index in [2.05, 4.69) is 5.32 Å². The Hall–Kier alpha value is -1.50. The van der Waals surface area contributed by atoms with Gasteiger partial charge in [-0.2, -0.15) is 0 Å². The monoisotopic (exact) mass is 411 g/mol. The maximum atomic E-state index is 12.1. The molecule has 0 bridgehead atoms. The number of carbonyl (C=O) groups excluding carboxylic acids is 1. The van der Waals surface area contributed by atoms with Gasteiger partial charge in [-0.15, -0.1) is 11.8 Å². The van der Waals surface area contributed by atoms with Crippen LogP contribution in [-0.4, -0.2) is 32.4 Å². The molecule has 0 aromatic heterocycles. The lowest BCUT2D eigenvalue weighted by Gasteiger charge is -2.07. The summed E-state index contributed by atoms with van der Waals surface area (Å²) in [4.78, 5) is 12.9. The van der Waals surface area contributed by atoms with Crippen molar-refractivity contribution in [1.29, 1.82) is 0 Å². The zero-order chi connectivity index (χ0) is 18.8. The zero-order valence-electron chi connectivity index (χ0n) is 14.4. The van der Waals surface area contributed by atoms with Gasteiger partial charge in [0.05, 0.1) is 11.5 Å². The van der Waals surface area contributed by atoms with Crippen LogP contribution in [-0.2, 0) is 20.4 Å². The lowest BCUT2D eigenvalue weighted by atomic mass is 10.2. The molecule has 0 aliphatic heterocycles. The second-order valence-corrected chi connectivity index (χ2v) is 9.62. The van der Waals surface area contributed by atoms with Crippen LogP contribution in [0.2, 0.25) is 5.02 Å². The van der Waals surface area contributed by atoms with Crippen LogP contribution in [0, 0.1) is 0 Å². The van der Waals surface area contributed by atoms with Crippen molar-refractivity contribution < 1.29 is 13.2 Å². The fourth-order valence-corrected chi connectivity index (χ4v) is 4.71. The summed E-state index contributed by atoms with van der Waals surface area (Å²) in [7, 11) is -3.16. The van der Waals surface area contributed by atoms with E-state index in [1.54, 1.807) is 23.9 Å². The third-order valence-corrected chi connectivity index (χ3v) is 6.54. The summed E-state index contributed by atoms with van der Waals surface area (Å²) >= 11 is 7.42. The van der Waals surface area contributed by atoms with Crippen LogP contribution in [0.15, 0.2) is 59.5 Å². The summed E-state index contributed by atoms with van der Waals surface area (Å²) in [5.74, 6) is 0.716. The van der Waals surface area contributed by atoms with Gasteiger partial charge in [0.1, 0.15) is 0 Å². The largest absolute Gasteiger partial charge is 0.356 e. The summed E-state index contributed by atoms with van der Waals surface area (Å²) < 4.78 is 24.1. The molecule has 0 heterocycles. The van der Waals surface area contributed by atoms with Gasteiger partial charge in [0, 0.05) is 28.6 Å². The van der Waals surface area contributed by atoms with Crippen LogP contribution < -0.4 is 5.32 Å². The number of nitrogens with one attached hydrogen (secondary N) is 1. The first-order valence-corrected chi connectivity index (χ1v) is 11.5. The smallest absolute Gasteiger partial charge is 0.220 e. The molecule has 26 heavy (non-hydrogen) atoms. The Balaban J connectivity index is 1.60. The predicted octanol–water partition coefficient (Wildman–Crippen LogP) is 3.94. The Morgan fingerprint density at radius 3 is 2.42 bits per heavy atom. The molecule has 0 aliphatic carbocycles. The summed E-state index contributed by atoms with van der Waals surface area (Å²) in [6.07, 6.45) is 0.815. The number of amides is 1. The van der Waals surface area contributed by atoms with E-state index >= 15 is 0 Å². The highest BCUT2D eigenvalue weighted by atomic mass is 35.5. The van der Waals surface area contributed by atoms with E-state index in [1.807, 2.05) is 42.5 Å². The molecule has 7 heteroatoms. The molecule has 1 N–H and O–H groups in total. The van der Waals surface area contributed by atoms with Crippen molar-refractivity contribution in [3.63, 3.8) is 0 Å². The topological polar surface area (TPSA) is 63.2 Å². The van der Waals surface area contributed by atoms with Crippen molar-refractivity contribution in [1.82, 2.24) is 5.32 Å². The Labute approximate surface area is 164 Å². The molecule has 4 nitrogen and oxygen atoms in total. The molecule has 0 fully saturated rings. The number of halogens is 1. The third-order valence-electron chi connectivity index (χ3n) is 3.60. The van der Waals surface area contributed by atoms with Gasteiger partial charge in [-0.25, -0.2) is 8.42 Å². The minimum Gasteiger partial charge on any atom is -0.356 e. The normalized spacial score (nSPS) is 11.3. The number of hydrogen-bond acceptors (Lipinski definition) is 4. The van der Waals surface area contributed by atoms with Crippen molar-refractivity contribution >= 4 is 39.1 Å². The lowest BCUT2D eigenvalue weighted by Crippen LogP contribution is -2.26.